The normalized spacial score (nSPS) is 10.9. The molecule has 0 aliphatic heterocycles. The molecule has 2 N–H and O–H groups in total. The minimum atomic E-state index is -1.11. The second-order valence-corrected chi connectivity index (χ2v) is 5.22. The average molecular weight is 296 g/mol. The van der Waals surface area contributed by atoms with Crippen LogP contribution in [0.5, 0.6) is 0 Å². The van der Waals surface area contributed by atoms with Crippen molar-refractivity contribution in [3.63, 3.8) is 0 Å². The Morgan fingerprint density at radius 2 is 1.95 bits per heavy atom. The highest BCUT2D eigenvalue weighted by Gasteiger charge is 2.23. The number of terminal acetylenes is 1. The highest BCUT2D eigenvalue weighted by Crippen LogP contribution is 2.21. The van der Waals surface area contributed by atoms with Gasteiger partial charge >= 0.3 is 6.03 Å². The van der Waals surface area contributed by atoms with Crippen molar-refractivity contribution < 1.29 is 18.7 Å². The SMILES string of the molecule is C#Cc1cc(F)c(NC(=O)N(CC)CC(C)(C)O)c(F)c1. The number of halogens is 2. The summed E-state index contributed by atoms with van der Waals surface area (Å²) in [6.45, 7) is 5.07. The number of carbonyl (C=O) groups excluding carboxylic acids is 1. The lowest BCUT2D eigenvalue weighted by atomic mass is 10.1. The lowest BCUT2D eigenvalue weighted by molar-refractivity contribution is 0.0501. The Morgan fingerprint density at radius 1 is 1.43 bits per heavy atom. The Morgan fingerprint density at radius 3 is 2.33 bits per heavy atom. The maximum absolute atomic E-state index is 13.7. The van der Waals surface area contributed by atoms with Crippen molar-refractivity contribution in [3.8, 4) is 12.3 Å². The molecule has 0 aliphatic rings. The van der Waals surface area contributed by atoms with Crippen LogP contribution in [0, 0.1) is 24.0 Å². The lowest BCUT2D eigenvalue weighted by Gasteiger charge is -2.28. The molecule has 0 saturated heterocycles. The van der Waals surface area contributed by atoms with Gasteiger partial charge in [-0.2, -0.15) is 0 Å². The van der Waals surface area contributed by atoms with E-state index in [2.05, 4.69) is 11.2 Å². The summed E-state index contributed by atoms with van der Waals surface area (Å²) in [5, 5.41) is 11.9. The molecular formula is C15H18F2N2O2. The average Bonchev–Trinajstić information content (AvgIpc) is 2.38. The van der Waals surface area contributed by atoms with Crippen LogP contribution < -0.4 is 5.32 Å². The summed E-state index contributed by atoms with van der Waals surface area (Å²) in [5.41, 5.74) is -1.63. The van der Waals surface area contributed by atoms with E-state index < -0.39 is 29.0 Å². The van der Waals surface area contributed by atoms with Crippen LogP contribution in [0.2, 0.25) is 0 Å². The smallest absolute Gasteiger partial charge is 0.322 e. The molecule has 21 heavy (non-hydrogen) atoms. The minimum Gasteiger partial charge on any atom is -0.389 e. The summed E-state index contributed by atoms with van der Waals surface area (Å²) >= 11 is 0. The molecule has 2 amide bonds. The number of hydrogen-bond acceptors (Lipinski definition) is 2. The topological polar surface area (TPSA) is 52.6 Å². The van der Waals surface area contributed by atoms with Gasteiger partial charge in [0.2, 0.25) is 0 Å². The van der Waals surface area contributed by atoms with E-state index in [1.54, 1.807) is 6.92 Å². The molecule has 4 nitrogen and oxygen atoms in total. The van der Waals surface area contributed by atoms with E-state index in [0.29, 0.717) is 0 Å². The Hall–Kier alpha value is -2.13. The zero-order valence-corrected chi connectivity index (χ0v) is 12.2. The number of benzene rings is 1. The van der Waals surface area contributed by atoms with Crippen molar-refractivity contribution >= 4 is 11.7 Å². The van der Waals surface area contributed by atoms with Gasteiger partial charge in [-0.05, 0) is 32.9 Å². The minimum absolute atomic E-state index is 0.0288. The number of hydrogen-bond donors (Lipinski definition) is 2. The number of nitrogens with zero attached hydrogens (tertiary/aromatic N) is 1. The Bertz CT molecular complexity index is 551. The molecule has 0 unspecified atom stereocenters. The molecule has 0 atom stereocenters. The molecule has 0 aromatic heterocycles. The molecule has 0 aliphatic carbocycles. The molecule has 1 aromatic carbocycles. The summed E-state index contributed by atoms with van der Waals surface area (Å²) in [7, 11) is 0. The lowest BCUT2D eigenvalue weighted by Crippen LogP contribution is -2.44. The Labute approximate surface area is 122 Å². The molecule has 0 heterocycles. The first-order valence-electron chi connectivity index (χ1n) is 6.42. The molecule has 0 fully saturated rings. The van der Waals surface area contributed by atoms with Crippen LogP contribution in [0.15, 0.2) is 12.1 Å². The number of amides is 2. The monoisotopic (exact) mass is 296 g/mol. The molecular weight excluding hydrogens is 278 g/mol. The van der Waals surface area contributed by atoms with E-state index in [4.69, 9.17) is 6.42 Å². The van der Waals surface area contributed by atoms with Gasteiger partial charge in [-0.25, -0.2) is 13.6 Å². The Balaban J connectivity index is 2.95. The number of carbonyl (C=O) groups is 1. The van der Waals surface area contributed by atoms with Gasteiger partial charge < -0.3 is 15.3 Å². The largest absolute Gasteiger partial charge is 0.389 e. The van der Waals surface area contributed by atoms with Crippen LogP contribution in [0.4, 0.5) is 19.3 Å². The van der Waals surface area contributed by atoms with Crippen molar-refractivity contribution in [2.45, 2.75) is 26.4 Å². The highest BCUT2D eigenvalue weighted by atomic mass is 19.1. The molecule has 0 radical (unpaired) electrons. The summed E-state index contributed by atoms with van der Waals surface area (Å²) in [6.07, 6.45) is 5.07. The molecule has 114 valence electrons. The molecule has 0 spiro atoms. The van der Waals surface area contributed by atoms with Crippen LogP contribution in [0.3, 0.4) is 0 Å². The number of rotatable bonds is 4. The summed E-state index contributed by atoms with van der Waals surface area (Å²) < 4.78 is 27.5. The number of anilines is 1. The van der Waals surface area contributed by atoms with Gasteiger partial charge in [0.05, 0.1) is 12.1 Å². The predicted molar refractivity (Wildman–Crippen MR) is 76.9 cm³/mol. The van der Waals surface area contributed by atoms with E-state index in [1.165, 1.54) is 18.7 Å². The van der Waals surface area contributed by atoms with E-state index in [0.717, 1.165) is 12.1 Å². The van der Waals surface area contributed by atoms with E-state index in [9.17, 15) is 18.7 Å². The highest BCUT2D eigenvalue weighted by molar-refractivity contribution is 5.89. The van der Waals surface area contributed by atoms with Crippen molar-refractivity contribution in [1.29, 1.82) is 0 Å². The molecule has 1 aromatic rings. The summed E-state index contributed by atoms with van der Waals surface area (Å²) in [4.78, 5) is 13.3. The van der Waals surface area contributed by atoms with Crippen molar-refractivity contribution in [1.82, 2.24) is 4.90 Å². The Kier molecular flexibility index (Phi) is 5.28. The van der Waals surface area contributed by atoms with E-state index >= 15 is 0 Å². The van der Waals surface area contributed by atoms with Crippen LogP contribution in [0.1, 0.15) is 26.3 Å². The van der Waals surface area contributed by atoms with Crippen LogP contribution in [0.25, 0.3) is 0 Å². The maximum Gasteiger partial charge on any atom is 0.322 e. The van der Waals surface area contributed by atoms with Crippen molar-refractivity contribution in [3.05, 3.63) is 29.3 Å². The van der Waals surface area contributed by atoms with Gasteiger partial charge in [-0.15, -0.1) is 6.42 Å². The second kappa shape index (κ2) is 6.55. The third-order valence-corrected chi connectivity index (χ3v) is 2.69. The third kappa shape index (κ3) is 4.72. The first-order valence-corrected chi connectivity index (χ1v) is 6.42. The molecule has 6 heteroatoms. The number of aliphatic hydroxyl groups is 1. The number of urea groups is 1. The van der Waals surface area contributed by atoms with Gasteiger partial charge in [0, 0.05) is 12.1 Å². The standard InChI is InChI=1S/C15H18F2N2O2/c1-5-10-7-11(16)13(12(17)8-10)18-14(20)19(6-2)9-15(3,4)21/h1,7-8,21H,6,9H2,2-4H3,(H,18,20). The molecule has 1 rings (SSSR count). The van der Waals surface area contributed by atoms with Crippen LogP contribution in [-0.2, 0) is 0 Å². The molecule has 0 bridgehead atoms. The second-order valence-electron chi connectivity index (χ2n) is 5.22. The van der Waals surface area contributed by atoms with Gasteiger partial charge in [-0.3, -0.25) is 0 Å². The zero-order chi connectivity index (χ0) is 16.2. The quantitative estimate of drug-likeness (QED) is 0.839. The first-order chi connectivity index (χ1) is 9.67. The van der Waals surface area contributed by atoms with Gasteiger partial charge in [-0.1, -0.05) is 5.92 Å². The number of nitrogens with one attached hydrogen (secondary N) is 1. The van der Waals surface area contributed by atoms with Crippen molar-refractivity contribution in [2.24, 2.45) is 0 Å². The first kappa shape index (κ1) is 16.9. The maximum atomic E-state index is 13.7. The fourth-order valence-corrected chi connectivity index (χ4v) is 1.76. The van der Waals surface area contributed by atoms with Gasteiger partial charge in [0.15, 0.2) is 11.6 Å². The fraction of sp³-hybridized carbons (Fsp3) is 0.400. The summed E-state index contributed by atoms with van der Waals surface area (Å²) in [5.74, 6) is 0.221. The van der Waals surface area contributed by atoms with E-state index in [-0.39, 0.29) is 18.7 Å². The fourth-order valence-electron chi connectivity index (χ4n) is 1.76. The van der Waals surface area contributed by atoms with Gasteiger partial charge in [0.1, 0.15) is 5.69 Å². The predicted octanol–water partition coefficient (Wildman–Crippen LogP) is 2.57. The zero-order valence-electron chi connectivity index (χ0n) is 12.2. The van der Waals surface area contributed by atoms with Crippen molar-refractivity contribution in [2.75, 3.05) is 18.4 Å². The molecule has 0 saturated carbocycles. The third-order valence-electron chi connectivity index (χ3n) is 2.69. The summed E-state index contributed by atoms with van der Waals surface area (Å²) in [6, 6.07) is 1.22. The van der Waals surface area contributed by atoms with Crippen LogP contribution in [-0.4, -0.2) is 34.7 Å². The van der Waals surface area contributed by atoms with E-state index in [1.807, 2.05) is 0 Å². The number of likely N-dealkylation sites (N-methyl/N-ethyl adjacent to an activating group) is 1. The van der Waals surface area contributed by atoms with Crippen LogP contribution >= 0.6 is 0 Å². The van der Waals surface area contributed by atoms with Gasteiger partial charge in [0.25, 0.3) is 0 Å².